The smallest absolute Gasteiger partial charge is 0.175 e. The molecule has 1 rings (SSSR count). The van der Waals surface area contributed by atoms with Crippen LogP contribution in [0.25, 0.3) is 0 Å². The van der Waals surface area contributed by atoms with Crippen LogP contribution in [-0.4, -0.2) is 32.4 Å². The topological polar surface area (TPSA) is 66.4 Å². The summed E-state index contributed by atoms with van der Waals surface area (Å²) in [6.07, 6.45) is 2.67. The molecule has 1 atom stereocenters. The van der Waals surface area contributed by atoms with Crippen LogP contribution in [0.4, 0.5) is 0 Å². The Morgan fingerprint density at radius 1 is 1.42 bits per heavy atom. The van der Waals surface area contributed by atoms with Gasteiger partial charge in [0.1, 0.15) is 0 Å². The normalized spacial score (nSPS) is 13.5. The summed E-state index contributed by atoms with van der Waals surface area (Å²) in [5.74, 6) is 0. The largest absolute Gasteiger partial charge is 0.396 e. The molecule has 0 aliphatic heterocycles. The molecule has 19 heavy (non-hydrogen) atoms. The molecule has 0 heterocycles. The first-order chi connectivity index (χ1) is 8.90. The molecule has 1 aromatic rings. The predicted molar refractivity (Wildman–Crippen MR) is 77.2 cm³/mol. The van der Waals surface area contributed by atoms with Crippen LogP contribution in [0.3, 0.4) is 0 Å². The summed E-state index contributed by atoms with van der Waals surface area (Å²) >= 11 is 6.09. The molecule has 1 unspecified atom stereocenters. The van der Waals surface area contributed by atoms with Crippen molar-refractivity contribution in [2.75, 3.05) is 12.9 Å². The van der Waals surface area contributed by atoms with Gasteiger partial charge < -0.3 is 10.4 Å². The number of hydrogen-bond donors (Lipinski definition) is 2. The Balaban J connectivity index is 2.94. The molecule has 0 aromatic heterocycles. The molecule has 0 bridgehead atoms. The van der Waals surface area contributed by atoms with E-state index in [0.29, 0.717) is 23.6 Å². The Labute approximate surface area is 119 Å². The van der Waals surface area contributed by atoms with Gasteiger partial charge in [-0.3, -0.25) is 0 Å². The third-order valence-electron chi connectivity index (χ3n) is 3.01. The summed E-state index contributed by atoms with van der Waals surface area (Å²) in [6, 6.07) is 5.02. The second-order valence-electron chi connectivity index (χ2n) is 4.49. The molecule has 2 N–H and O–H groups in total. The monoisotopic (exact) mass is 305 g/mol. The fourth-order valence-corrected chi connectivity index (χ4v) is 3.16. The van der Waals surface area contributed by atoms with E-state index in [9.17, 15) is 8.42 Å². The minimum Gasteiger partial charge on any atom is -0.396 e. The average molecular weight is 306 g/mol. The highest BCUT2D eigenvalue weighted by molar-refractivity contribution is 7.90. The molecule has 4 nitrogen and oxygen atoms in total. The van der Waals surface area contributed by atoms with Crippen LogP contribution in [0.15, 0.2) is 23.1 Å². The van der Waals surface area contributed by atoms with Gasteiger partial charge in [0.2, 0.25) is 0 Å². The zero-order valence-electron chi connectivity index (χ0n) is 11.2. The number of hydrogen-bond acceptors (Lipinski definition) is 4. The van der Waals surface area contributed by atoms with Gasteiger partial charge in [-0.1, -0.05) is 24.6 Å². The molecular weight excluding hydrogens is 286 g/mol. The van der Waals surface area contributed by atoms with Gasteiger partial charge >= 0.3 is 0 Å². The van der Waals surface area contributed by atoms with E-state index in [1.807, 2.05) is 6.92 Å². The maximum Gasteiger partial charge on any atom is 0.175 e. The fraction of sp³-hybridized carbons (Fsp3) is 0.538. The highest BCUT2D eigenvalue weighted by Gasteiger charge is 2.16. The SMILES string of the molecule is CCC(CCO)NCc1c(Cl)cccc1S(C)(=O)=O. The molecule has 0 fully saturated rings. The van der Waals surface area contributed by atoms with Gasteiger partial charge in [-0.2, -0.15) is 0 Å². The van der Waals surface area contributed by atoms with Crippen LogP contribution >= 0.6 is 11.6 Å². The quantitative estimate of drug-likeness (QED) is 0.808. The number of benzene rings is 1. The zero-order chi connectivity index (χ0) is 14.5. The van der Waals surface area contributed by atoms with Crippen molar-refractivity contribution in [3.8, 4) is 0 Å². The van der Waals surface area contributed by atoms with Crippen LogP contribution in [0.5, 0.6) is 0 Å². The van der Waals surface area contributed by atoms with E-state index in [1.54, 1.807) is 18.2 Å². The average Bonchev–Trinajstić information content (AvgIpc) is 2.34. The first kappa shape index (κ1) is 16.4. The molecule has 0 aliphatic rings. The molecule has 108 valence electrons. The predicted octanol–water partition coefficient (Wildman–Crippen LogP) is 1.99. The van der Waals surface area contributed by atoms with Crippen LogP contribution in [-0.2, 0) is 16.4 Å². The van der Waals surface area contributed by atoms with Crippen molar-refractivity contribution in [3.63, 3.8) is 0 Å². The zero-order valence-corrected chi connectivity index (χ0v) is 12.8. The van der Waals surface area contributed by atoms with Gasteiger partial charge in [-0.15, -0.1) is 0 Å². The Kier molecular flexibility index (Phi) is 6.26. The maximum absolute atomic E-state index is 11.7. The molecule has 0 radical (unpaired) electrons. The highest BCUT2D eigenvalue weighted by Crippen LogP contribution is 2.24. The van der Waals surface area contributed by atoms with E-state index >= 15 is 0 Å². The van der Waals surface area contributed by atoms with E-state index < -0.39 is 9.84 Å². The summed E-state index contributed by atoms with van der Waals surface area (Å²) < 4.78 is 23.4. The Morgan fingerprint density at radius 3 is 2.63 bits per heavy atom. The first-order valence-corrected chi connectivity index (χ1v) is 8.48. The molecule has 1 aromatic carbocycles. The lowest BCUT2D eigenvalue weighted by molar-refractivity contribution is 0.262. The number of halogens is 1. The van der Waals surface area contributed by atoms with Crippen LogP contribution in [0.2, 0.25) is 5.02 Å². The number of sulfone groups is 1. The third-order valence-corrected chi connectivity index (χ3v) is 4.55. The molecule has 0 saturated heterocycles. The van der Waals surface area contributed by atoms with Crippen LogP contribution in [0.1, 0.15) is 25.3 Å². The van der Waals surface area contributed by atoms with E-state index in [2.05, 4.69) is 5.32 Å². The van der Waals surface area contributed by atoms with Crippen LogP contribution < -0.4 is 5.32 Å². The number of nitrogens with one attached hydrogen (secondary N) is 1. The van der Waals surface area contributed by atoms with E-state index in [1.165, 1.54) is 6.26 Å². The molecular formula is C13H20ClNO3S. The second-order valence-corrected chi connectivity index (χ2v) is 6.88. The van der Waals surface area contributed by atoms with E-state index in [4.69, 9.17) is 16.7 Å². The van der Waals surface area contributed by atoms with Crippen LogP contribution in [0, 0.1) is 0 Å². The van der Waals surface area contributed by atoms with E-state index in [-0.39, 0.29) is 17.5 Å². The van der Waals surface area contributed by atoms with Crippen molar-refractivity contribution < 1.29 is 13.5 Å². The van der Waals surface area contributed by atoms with Gasteiger partial charge in [-0.05, 0) is 25.0 Å². The van der Waals surface area contributed by atoms with Crippen molar-refractivity contribution in [3.05, 3.63) is 28.8 Å². The lowest BCUT2D eigenvalue weighted by Crippen LogP contribution is -2.29. The third kappa shape index (κ3) is 4.76. The maximum atomic E-state index is 11.7. The first-order valence-electron chi connectivity index (χ1n) is 6.21. The highest BCUT2D eigenvalue weighted by atomic mass is 35.5. The van der Waals surface area contributed by atoms with Crippen molar-refractivity contribution in [1.29, 1.82) is 0 Å². The lowest BCUT2D eigenvalue weighted by Gasteiger charge is -2.17. The number of rotatable bonds is 7. The van der Waals surface area contributed by atoms with Gasteiger partial charge in [0.15, 0.2) is 9.84 Å². The van der Waals surface area contributed by atoms with Crippen molar-refractivity contribution in [2.24, 2.45) is 0 Å². The Morgan fingerprint density at radius 2 is 2.11 bits per heavy atom. The summed E-state index contributed by atoms with van der Waals surface area (Å²) in [7, 11) is -3.30. The molecule has 0 spiro atoms. The minimum atomic E-state index is -3.30. The van der Waals surface area contributed by atoms with Crippen molar-refractivity contribution in [1.82, 2.24) is 5.32 Å². The Hall–Kier alpha value is -0.620. The van der Waals surface area contributed by atoms with E-state index in [0.717, 1.165) is 6.42 Å². The summed E-state index contributed by atoms with van der Waals surface area (Å²) in [5.41, 5.74) is 0.586. The molecule has 6 heteroatoms. The summed E-state index contributed by atoms with van der Waals surface area (Å²) in [5, 5.41) is 12.6. The molecule has 0 saturated carbocycles. The summed E-state index contributed by atoms with van der Waals surface area (Å²) in [4.78, 5) is 0.256. The Bertz CT molecular complexity index is 517. The van der Waals surface area contributed by atoms with Gasteiger partial charge in [0, 0.05) is 36.0 Å². The second kappa shape index (κ2) is 7.24. The molecule has 0 aliphatic carbocycles. The number of aliphatic hydroxyl groups excluding tert-OH is 1. The fourth-order valence-electron chi connectivity index (χ4n) is 1.91. The minimum absolute atomic E-state index is 0.104. The molecule has 0 amide bonds. The van der Waals surface area contributed by atoms with Crippen molar-refractivity contribution in [2.45, 2.75) is 37.2 Å². The van der Waals surface area contributed by atoms with Crippen molar-refractivity contribution >= 4 is 21.4 Å². The van der Waals surface area contributed by atoms with Gasteiger partial charge in [0.25, 0.3) is 0 Å². The number of aliphatic hydroxyl groups is 1. The van der Waals surface area contributed by atoms with Gasteiger partial charge in [-0.25, -0.2) is 8.42 Å². The summed E-state index contributed by atoms with van der Waals surface area (Å²) in [6.45, 7) is 2.49. The standard InChI is InChI=1S/C13H20ClNO3S/c1-3-10(7-8-16)15-9-11-12(14)5-4-6-13(11)19(2,17)18/h4-6,10,15-16H,3,7-9H2,1-2H3. The lowest BCUT2D eigenvalue weighted by atomic mass is 10.1. The van der Waals surface area contributed by atoms with Gasteiger partial charge in [0.05, 0.1) is 4.90 Å².